The van der Waals surface area contributed by atoms with Crippen LogP contribution in [0.4, 0.5) is 0 Å². The van der Waals surface area contributed by atoms with E-state index in [0.717, 1.165) is 43.4 Å². The molecule has 1 aliphatic carbocycles. The van der Waals surface area contributed by atoms with Crippen LogP contribution in [-0.2, 0) is 30.2 Å². The van der Waals surface area contributed by atoms with E-state index in [9.17, 15) is 9.59 Å². The molecule has 0 N–H and O–H groups in total. The van der Waals surface area contributed by atoms with Crippen molar-refractivity contribution in [3.8, 4) is 5.75 Å². The molecule has 3 fully saturated rings. The third-order valence-corrected chi connectivity index (χ3v) is 6.80. The fourth-order valence-corrected chi connectivity index (χ4v) is 5.23. The van der Waals surface area contributed by atoms with Crippen molar-refractivity contribution >= 4 is 11.9 Å². The highest BCUT2D eigenvalue weighted by Crippen LogP contribution is 2.49. The van der Waals surface area contributed by atoms with E-state index in [2.05, 4.69) is 0 Å². The third-order valence-electron chi connectivity index (χ3n) is 6.80. The Kier molecular flexibility index (Phi) is 6.02. The Morgan fingerprint density at radius 3 is 2.37 bits per heavy atom. The third kappa shape index (κ3) is 3.93. The molecule has 1 saturated carbocycles. The molecular weight excluding hydrogens is 386 g/mol. The number of likely N-dealkylation sites (tertiary alicyclic amines) is 1. The van der Waals surface area contributed by atoms with E-state index in [1.165, 1.54) is 0 Å². The molecule has 30 heavy (non-hydrogen) atoms. The number of hydrogen-bond donors (Lipinski definition) is 0. The van der Waals surface area contributed by atoms with Crippen LogP contribution < -0.4 is 4.74 Å². The van der Waals surface area contributed by atoms with E-state index < -0.39 is 11.8 Å². The van der Waals surface area contributed by atoms with Gasteiger partial charge in [0.25, 0.3) is 0 Å². The summed E-state index contributed by atoms with van der Waals surface area (Å²) in [4.78, 5) is 27.9. The minimum Gasteiger partial charge on any atom is -0.497 e. The molecule has 1 atom stereocenters. The Balaban J connectivity index is 1.58. The quantitative estimate of drug-likeness (QED) is 0.663. The summed E-state index contributed by atoms with van der Waals surface area (Å²) in [6, 6.07) is 6.99. The predicted molar refractivity (Wildman–Crippen MR) is 109 cm³/mol. The number of rotatable bonds is 6. The number of nitrogens with zero attached hydrogens (tertiary/aromatic N) is 1. The number of carbonyl (C=O) groups is 2. The van der Waals surface area contributed by atoms with E-state index in [-0.39, 0.29) is 24.0 Å². The van der Waals surface area contributed by atoms with Gasteiger partial charge in [0.2, 0.25) is 5.91 Å². The van der Waals surface area contributed by atoms with Gasteiger partial charge in [-0.1, -0.05) is 12.1 Å². The molecule has 2 heterocycles. The summed E-state index contributed by atoms with van der Waals surface area (Å²) in [6.07, 6.45) is 4.69. The SMILES string of the molecule is CCOC(=O)[C@H](Cc1ccc(OC)cc1)N1C(=O)CCC12CCC1(CC2)OCCO1. The number of carbonyl (C=O) groups excluding carboxylic acids is 2. The zero-order chi connectivity index (χ0) is 21.2. The van der Waals surface area contributed by atoms with E-state index in [1.807, 2.05) is 29.2 Å². The van der Waals surface area contributed by atoms with Gasteiger partial charge in [0.15, 0.2) is 5.79 Å². The van der Waals surface area contributed by atoms with E-state index >= 15 is 0 Å². The average Bonchev–Trinajstić information content (AvgIpc) is 3.34. The minimum absolute atomic E-state index is 0.0331. The van der Waals surface area contributed by atoms with Crippen molar-refractivity contribution in [2.24, 2.45) is 0 Å². The lowest BCUT2D eigenvalue weighted by molar-refractivity contribution is -0.196. The van der Waals surface area contributed by atoms with E-state index in [0.29, 0.717) is 26.1 Å². The first-order valence-electron chi connectivity index (χ1n) is 10.9. The molecule has 3 aliphatic rings. The highest BCUT2D eigenvalue weighted by molar-refractivity contribution is 5.87. The maximum atomic E-state index is 13.0. The molecule has 164 valence electrons. The van der Waals surface area contributed by atoms with E-state index in [1.54, 1.807) is 14.0 Å². The molecule has 0 radical (unpaired) electrons. The second kappa shape index (κ2) is 8.55. The number of esters is 1. The van der Waals surface area contributed by atoms with Crippen molar-refractivity contribution in [3.63, 3.8) is 0 Å². The fraction of sp³-hybridized carbons (Fsp3) is 0.652. The van der Waals surface area contributed by atoms with Gasteiger partial charge in [0, 0.05) is 31.2 Å². The van der Waals surface area contributed by atoms with Gasteiger partial charge in [-0.05, 0) is 43.9 Å². The zero-order valence-corrected chi connectivity index (χ0v) is 17.9. The molecule has 1 aromatic carbocycles. The number of methoxy groups -OCH3 is 1. The lowest BCUT2D eigenvalue weighted by Gasteiger charge is -2.48. The van der Waals surface area contributed by atoms with Gasteiger partial charge >= 0.3 is 5.97 Å². The van der Waals surface area contributed by atoms with Gasteiger partial charge in [-0.25, -0.2) is 4.79 Å². The molecule has 7 heteroatoms. The Morgan fingerprint density at radius 2 is 1.77 bits per heavy atom. The lowest BCUT2D eigenvalue weighted by Crippen LogP contribution is -2.58. The molecule has 0 unspecified atom stereocenters. The standard InChI is InChI=1S/C23H31NO6/c1-3-28-21(26)19(16-17-4-6-18(27-2)7-5-17)24-20(25)8-9-22(24)10-12-23(13-11-22)29-14-15-30-23/h4-7,19H,3,8-16H2,1-2H3/t19-/m0/s1. The molecule has 1 aromatic rings. The summed E-state index contributed by atoms with van der Waals surface area (Å²) in [5, 5.41) is 0. The molecular formula is C23H31NO6. The van der Waals surface area contributed by atoms with Gasteiger partial charge in [0.05, 0.1) is 26.9 Å². The first-order chi connectivity index (χ1) is 14.5. The maximum Gasteiger partial charge on any atom is 0.329 e. The number of hydrogen-bond acceptors (Lipinski definition) is 6. The summed E-state index contributed by atoms with van der Waals surface area (Å²) < 4.78 is 22.4. The molecule has 0 aromatic heterocycles. The summed E-state index contributed by atoms with van der Waals surface area (Å²) in [6.45, 7) is 3.33. The van der Waals surface area contributed by atoms with Crippen LogP contribution in [0.15, 0.2) is 24.3 Å². The maximum absolute atomic E-state index is 13.0. The van der Waals surface area contributed by atoms with Crippen molar-refractivity contribution in [3.05, 3.63) is 29.8 Å². The van der Waals surface area contributed by atoms with Crippen LogP contribution in [-0.4, -0.2) is 61.1 Å². The Morgan fingerprint density at radius 1 is 1.10 bits per heavy atom. The van der Waals surface area contributed by atoms with Crippen molar-refractivity contribution in [2.75, 3.05) is 26.9 Å². The zero-order valence-electron chi connectivity index (χ0n) is 17.9. The van der Waals surface area contributed by atoms with Crippen LogP contribution in [0.3, 0.4) is 0 Å². The van der Waals surface area contributed by atoms with Gasteiger partial charge < -0.3 is 23.8 Å². The van der Waals surface area contributed by atoms with Gasteiger partial charge in [-0.15, -0.1) is 0 Å². The first kappa shape index (κ1) is 21.1. The summed E-state index contributed by atoms with van der Waals surface area (Å²) in [5.41, 5.74) is 0.639. The van der Waals surface area contributed by atoms with Gasteiger partial charge in [-0.2, -0.15) is 0 Å². The molecule has 7 nitrogen and oxygen atoms in total. The molecule has 2 aliphatic heterocycles. The Bertz CT molecular complexity index is 760. The molecule has 2 saturated heterocycles. The number of ether oxygens (including phenoxy) is 4. The minimum atomic E-state index is -0.632. The topological polar surface area (TPSA) is 74.3 Å². The first-order valence-corrected chi connectivity index (χ1v) is 10.9. The van der Waals surface area contributed by atoms with Crippen LogP contribution >= 0.6 is 0 Å². The molecule has 2 spiro atoms. The summed E-state index contributed by atoms with van der Waals surface area (Å²) >= 11 is 0. The Labute approximate surface area is 177 Å². The largest absolute Gasteiger partial charge is 0.497 e. The summed E-state index contributed by atoms with van der Waals surface area (Å²) in [7, 11) is 1.62. The second-order valence-corrected chi connectivity index (χ2v) is 8.42. The number of amides is 1. The van der Waals surface area contributed by atoms with Crippen LogP contribution in [0.5, 0.6) is 5.75 Å². The summed E-state index contributed by atoms with van der Waals surface area (Å²) in [5.74, 6) is -0.0468. The average molecular weight is 418 g/mol. The van der Waals surface area contributed by atoms with Crippen LogP contribution in [0, 0.1) is 0 Å². The van der Waals surface area contributed by atoms with Crippen molar-refractivity contribution in [2.45, 2.75) is 69.2 Å². The lowest BCUT2D eigenvalue weighted by atomic mass is 9.76. The monoisotopic (exact) mass is 417 g/mol. The van der Waals surface area contributed by atoms with Crippen LogP contribution in [0.25, 0.3) is 0 Å². The van der Waals surface area contributed by atoms with Gasteiger partial charge in [0.1, 0.15) is 11.8 Å². The second-order valence-electron chi connectivity index (χ2n) is 8.42. The number of benzene rings is 1. The molecule has 0 bridgehead atoms. The smallest absolute Gasteiger partial charge is 0.329 e. The van der Waals surface area contributed by atoms with Crippen molar-refractivity contribution < 1.29 is 28.5 Å². The predicted octanol–water partition coefficient (Wildman–Crippen LogP) is 2.85. The van der Waals surface area contributed by atoms with Crippen LogP contribution in [0.1, 0.15) is 51.0 Å². The Hall–Kier alpha value is -2.12. The molecule has 1 amide bonds. The highest BCUT2D eigenvalue weighted by atomic mass is 16.7. The highest BCUT2D eigenvalue weighted by Gasteiger charge is 2.55. The van der Waals surface area contributed by atoms with E-state index in [4.69, 9.17) is 18.9 Å². The van der Waals surface area contributed by atoms with Crippen molar-refractivity contribution in [1.82, 2.24) is 4.90 Å². The van der Waals surface area contributed by atoms with Gasteiger partial charge in [-0.3, -0.25) is 4.79 Å². The van der Waals surface area contributed by atoms with Crippen molar-refractivity contribution in [1.29, 1.82) is 0 Å². The fourth-order valence-electron chi connectivity index (χ4n) is 5.23. The molecule has 4 rings (SSSR count). The normalized spacial score (nSPS) is 23.1. The van der Waals surface area contributed by atoms with Crippen LogP contribution in [0.2, 0.25) is 0 Å².